The molecule has 8 N–H and O–H groups in total. The first kappa shape index (κ1) is 61.4. The molecule has 1 radical (unpaired) electrons. The molecule has 3 amide bonds. The van der Waals surface area contributed by atoms with Gasteiger partial charge in [-0.25, -0.2) is 14.4 Å². The van der Waals surface area contributed by atoms with Crippen molar-refractivity contribution in [2.75, 3.05) is 19.6 Å². The third kappa shape index (κ3) is 34.8. The van der Waals surface area contributed by atoms with Gasteiger partial charge in [0.15, 0.2) is 0 Å². The molecule has 0 saturated heterocycles. The third-order valence-electron chi connectivity index (χ3n) is 8.28. The summed E-state index contributed by atoms with van der Waals surface area (Å²) in [6, 6.07) is 1.52. The van der Waals surface area contributed by atoms with Gasteiger partial charge in [0.05, 0.1) is 18.2 Å². The molecule has 1 rings (SSSR count). The van der Waals surface area contributed by atoms with Crippen molar-refractivity contribution in [1.82, 2.24) is 25.8 Å². The van der Waals surface area contributed by atoms with Crippen molar-refractivity contribution in [3.8, 4) is 0 Å². The van der Waals surface area contributed by atoms with Crippen molar-refractivity contribution in [2.45, 2.75) is 115 Å². The summed E-state index contributed by atoms with van der Waals surface area (Å²) in [7, 11) is 0. The van der Waals surface area contributed by atoms with E-state index in [4.69, 9.17) is 24.2 Å². The molecule has 0 fully saturated rings. The van der Waals surface area contributed by atoms with E-state index in [2.05, 4.69) is 40.9 Å². The Morgan fingerprint density at radius 1 is 0.650 bits per heavy atom. The van der Waals surface area contributed by atoms with Gasteiger partial charge in [-0.05, 0) is 70.0 Å². The summed E-state index contributed by atoms with van der Waals surface area (Å²) in [5, 5.41) is 53.0. The normalized spacial score (nSPS) is 11.2. The van der Waals surface area contributed by atoms with Crippen LogP contribution in [0.4, 0.5) is 4.79 Å². The van der Waals surface area contributed by atoms with Gasteiger partial charge >= 0.3 is 69.8 Å². The van der Waals surface area contributed by atoms with Crippen LogP contribution in [0.1, 0.15) is 102 Å². The van der Waals surface area contributed by atoms with Crippen molar-refractivity contribution in [3.63, 3.8) is 0 Å². The topological polar surface area (TPSA) is 350 Å². The van der Waals surface area contributed by atoms with Crippen LogP contribution in [0.3, 0.4) is 0 Å². The minimum absolute atomic E-state index is 0. The monoisotopic (exact) mass is 1020 g/mol. The number of carboxylic acid groups (broad SMARTS) is 5. The van der Waals surface area contributed by atoms with Gasteiger partial charge in [0.2, 0.25) is 5.91 Å². The maximum absolute atomic E-state index is 12.5. The first-order chi connectivity index (χ1) is 28.2. The van der Waals surface area contributed by atoms with Crippen LogP contribution >= 0.6 is 0 Å². The van der Waals surface area contributed by atoms with Gasteiger partial charge in [0.1, 0.15) is 17.9 Å². The second-order valence-corrected chi connectivity index (χ2v) is 12.8. The number of aromatic nitrogens is 1. The van der Waals surface area contributed by atoms with Crippen LogP contribution in [0.15, 0.2) is 24.4 Å². The Morgan fingerprint density at radius 3 is 1.73 bits per heavy atom. The van der Waals surface area contributed by atoms with Crippen LogP contribution in [0.25, 0.3) is 0 Å². The van der Waals surface area contributed by atoms with Crippen LogP contribution in [0.2, 0.25) is 0 Å². The summed E-state index contributed by atoms with van der Waals surface area (Å²) in [5.41, 5.74) is 0.735. The zero-order chi connectivity index (χ0) is 45.6. The number of carbonyl (C=O) groups excluding carboxylic acids is 3. The molecule has 0 aliphatic heterocycles. The molecule has 60 heavy (non-hydrogen) atoms. The van der Waals surface area contributed by atoms with E-state index in [1.54, 1.807) is 23.2 Å². The van der Waals surface area contributed by atoms with Gasteiger partial charge in [0.25, 0.3) is 0 Å². The predicted molar refractivity (Wildman–Crippen MR) is 199 cm³/mol. The van der Waals surface area contributed by atoms with Crippen LogP contribution in [0, 0.1) is 25.9 Å². The van der Waals surface area contributed by atoms with Gasteiger partial charge in [-0.15, -0.1) is 0 Å². The molecule has 3 atom stereocenters. The Bertz CT molecular complexity index is 1480. The van der Waals surface area contributed by atoms with E-state index in [9.17, 15) is 53.7 Å². The molecular formula is C38H53N5O16Re. The molecular weight excluding hydrogens is 969 g/mol. The molecule has 21 nitrogen and oxygen atoms in total. The summed E-state index contributed by atoms with van der Waals surface area (Å²) in [5.74, 6) is -7.19. The number of pyridine rings is 1. The number of urea groups is 1. The quantitative estimate of drug-likeness (QED) is 0.0301. The fraction of sp³-hybridized carbons (Fsp3) is 0.579. The number of carbonyl (C=O) groups is 8. The zero-order valence-corrected chi connectivity index (χ0v) is 35.7. The van der Waals surface area contributed by atoms with Crippen molar-refractivity contribution in [1.29, 1.82) is 0 Å². The maximum Gasteiger partial charge on any atom is 0 e. The fourth-order valence-corrected chi connectivity index (χ4v) is 5.43. The molecule has 0 unspecified atom stereocenters. The molecule has 1 heterocycles. The maximum atomic E-state index is 12.5. The molecule has 0 saturated carbocycles. The molecule has 333 valence electrons. The average molecular weight is 1020 g/mol. The smallest absolute Gasteiger partial charge is 0 e. The molecule has 0 bridgehead atoms. The summed E-state index contributed by atoms with van der Waals surface area (Å²) >= 11 is 0. The number of nitrogens with zero attached hydrogens (tertiary/aromatic N) is 2. The van der Waals surface area contributed by atoms with Gasteiger partial charge in [-0.2, -0.15) is 0 Å². The van der Waals surface area contributed by atoms with E-state index in [0.717, 1.165) is 5.69 Å². The Hall–Kier alpha value is -5.25. The standard InChI is InChI=1S/C35H53N5O13.3CO.Re/c41-26(21-24(32(47)48)11-7-10-20-40(23-31(45)46)22-25-12-5-8-18-36-25)13-3-1-2-4-15-29(42)37-19-9-6-14-27(33(49)50)38-35(53)39-28(34(51)52)16-17-30(43)44;3*1-2;/h5,8,12,18,24,27-28H,1-4,6-7,9-11,13-17,19-23H2,(H,37,42)(H,43,44)(H,45,46)(H,47,48)(H,49,50)(H,51,52)(H2,38,39,53);;;;/t24-,27+,28+;;;;/m1..../s1. The van der Waals surface area contributed by atoms with Gasteiger partial charge < -0.3 is 41.5 Å². The average Bonchev–Trinajstić information content (AvgIpc) is 3.20. The largest absolute Gasteiger partial charge is 0 e. The summed E-state index contributed by atoms with van der Waals surface area (Å²) < 4.78 is 22.5. The number of unbranched alkanes of at least 4 members (excludes halogenated alkanes) is 5. The van der Waals surface area contributed by atoms with Crippen molar-refractivity contribution >= 4 is 47.6 Å². The van der Waals surface area contributed by atoms with E-state index in [1.807, 2.05) is 6.07 Å². The fourth-order valence-electron chi connectivity index (χ4n) is 5.43. The van der Waals surface area contributed by atoms with E-state index in [0.29, 0.717) is 70.9 Å². The summed E-state index contributed by atoms with van der Waals surface area (Å²) in [4.78, 5) is 99.1. The Kier molecular flexibility index (Phi) is 41.5. The zero-order valence-electron chi connectivity index (χ0n) is 33.0. The predicted octanol–water partition coefficient (Wildman–Crippen LogP) is 2.38. The molecule has 1 aromatic heterocycles. The molecule has 0 spiro atoms. The van der Waals surface area contributed by atoms with E-state index in [1.165, 1.54) is 0 Å². The molecule has 1 aromatic rings. The second kappa shape index (κ2) is 40.5. The van der Waals surface area contributed by atoms with Gasteiger partial charge in [-0.3, -0.25) is 33.9 Å². The minimum Gasteiger partial charge on any atom is 0 e. The van der Waals surface area contributed by atoms with Gasteiger partial charge in [-0.1, -0.05) is 25.3 Å². The molecule has 22 heteroatoms. The van der Waals surface area contributed by atoms with Crippen LogP contribution in [-0.2, 0) is 74.5 Å². The Balaban J connectivity index is -0.00000213. The van der Waals surface area contributed by atoms with Crippen molar-refractivity contribution in [2.24, 2.45) is 5.92 Å². The number of aliphatic carboxylic acids is 5. The van der Waals surface area contributed by atoms with E-state index < -0.39 is 60.3 Å². The number of rotatable bonds is 31. The van der Waals surface area contributed by atoms with Crippen LogP contribution < -0.4 is 16.0 Å². The molecule has 0 aliphatic carbocycles. The third-order valence-corrected chi connectivity index (χ3v) is 8.28. The first-order valence-electron chi connectivity index (χ1n) is 18.4. The first-order valence-corrected chi connectivity index (χ1v) is 18.4. The summed E-state index contributed by atoms with van der Waals surface area (Å²) in [6.45, 7) is 14.4. The number of hydrogen-bond acceptors (Lipinski definition) is 10. The number of nitrogens with one attached hydrogen (secondary N) is 3. The minimum atomic E-state index is -1.50. The number of carboxylic acids is 5. The molecule has 0 aromatic carbocycles. The number of Topliss-reactive ketones (excluding diaryl/α,β-unsaturated/α-hetero) is 1. The van der Waals surface area contributed by atoms with Crippen LogP contribution in [0.5, 0.6) is 0 Å². The van der Waals surface area contributed by atoms with E-state index >= 15 is 0 Å². The number of ketones is 1. The van der Waals surface area contributed by atoms with Crippen molar-refractivity contribution < 1.29 is 98.3 Å². The number of hydrogen-bond donors (Lipinski definition) is 8. The number of amides is 3. The Labute approximate surface area is 361 Å². The van der Waals surface area contributed by atoms with Crippen molar-refractivity contribution in [3.05, 3.63) is 50.0 Å². The Morgan fingerprint density at radius 2 is 1.22 bits per heavy atom. The summed E-state index contributed by atoms with van der Waals surface area (Å²) in [6.07, 6.45) is 5.90. The van der Waals surface area contributed by atoms with Crippen LogP contribution in [-0.4, -0.2) is 115 Å². The SMILES string of the molecule is O=C(O)CC[C@H](NC(=O)N[C@@H](CCCCNC(=O)CCCCCCC(=O)C[C@@H](CCCCN(CC(=O)O)Cc1ccccn1)C(=O)O)C(=O)O)C(=O)O.[C-]#[O+].[C-]#[O+].[C-]#[O+].[Re]. The van der Waals surface area contributed by atoms with Gasteiger partial charge in [0, 0.05) is 65.4 Å². The van der Waals surface area contributed by atoms with E-state index in [-0.39, 0.29) is 77.3 Å². The molecule has 0 aliphatic rings. The second-order valence-electron chi connectivity index (χ2n) is 12.8.